The Labute approximate surface area is 95.3 Å². The van der Waals surface area contributed by atoms with Crippen LogP contribution in [0.2, 0.25) is 5.02 Å². The molecule has 0 atom stereocenters. The molecule has 0 aliphatic heterocycles. The lowest BCUT2D eigenvalue weighted by Crippen LogP contribution is -2.05. The Hall–Kier alpha value is -0.0100. The van der Waals surface area contributed by atoms with Crippen LogP contribution >= 0.6 is 34.2 Å². The van der Waals surface area contributed by atoms with Crippen LogP contribution in [-0.4, -0.2) is 14.7 Å². The van der Waals surface area contributed by atoms with E-state index in [-0.39, 0.29) is 5.75 Å². The van der Waals surface area contributed by atoms with Crippen LogP contribution < -0.4 is 4.18 Å². The predicted molar refractivity (Wildman–Crippen MR) is 59.6 cm³/mol. The van der Waals surface area contributed by atoms with Crippen molar-refractivity contribution in [2.24, 2.45) is 0 Å². The van der Waals surface area contributed by atoms with Crippen LogP contribution in [0.25, 0.3) is 0 Å². The van der Waals surface area contributed by atoms with Crippen molar-refractivity contribution in [3.63, 3.8) is 0 Å². The summed E-state index contributed by atoms with van der Waals surface area (Å²) in [4.78, 5) is 0. The molecule has 0 spiro atoms. The quantitative estimate of drug-likeness (QED) is 0.616. The van der Waals surface area contributed by atoms with E-state index in [9.17, 15) is 8.42 Å². The molecule has 3 nitrogen and oxygen atoms in total. The van der Waals surface area contributed by atoms with Gasteiger partial charge in [0.25, 0.3) is 0 Å². The van der Waals surface area contributed by atoms with E-state index in [1.54, 1.807) is 12.1 Å². The summed E-state index contributed by atoms with van der Waals surface area (Å²) < 4.78 is 26.9. The van der Waals surface area contributed by atoms with Crippen molar-refractivity contribution in [3.8, 4) is 5.75 Å². The van der Waals surface area contributed by atoms with Gasteiger partial charge in [0.05, 0.1) is 11.3 Å². The molecule has 0 N–H and O–H groups in total. The first-order valence-electron chi connectivity index (χ1n) is 3.23. The van der Waals surface area contributed by atoms with Crippen LogP contribution in [0.4, 0.5) is 0 Å². The fourth-order valence-electron chi connectivity index (χ4n) is 0.703. The number of hydrogen-bond donors (Lipinski definition) is 0. The van der Waals surface area contributed by atoms with E-state index in [1.165, 1.54) is 6.07 Å². The van der Waals surface area contributed by atoms with E-state index in [2.05, 4.69) is 4.18 Å². The van der Waals surface area contributed by atoms with Crippen LogP contribution in [0.5, 0.6) is 5.75 Å². The van der Waals surface area contributed by atoms with Crippen molar-refractivity contribution in [2.45, 2.75) is 0 Å². The Morgan fingerprint density at radius 3 is 2.54 bits per heavy atom. The molecule has 0 amide bonds. The van der Waals surface area contributed by atoms with Crippen LogP contribution in [0.15, 0.2) is 18.2 Å². The van der Waals surface area contributed by atoms with E-state index in [0.29, 0.717) is 5.02 Å². The second-order valence-corrected chi connectivity index (χ2v) is 5.51. The molecule has 0 unspecified atom stereocenters. The van der Waals surface area contributed by atoms with Gasteiger partial charge in [-0.3, -0.25) is 0 Å². The lowest BCUT2D eigenvalue weighted by atomic mass is 10.3. The molecule has 0 aliphatic rings. The van der Waals surface area contributed by atoms with Crippen LogP contribution in [0.1, 0.15) is 0 Å². The van der Waals surface area contributed by atoms with Gasteiger partial charge in [-0.25, -0.2) is 0 Å². The minimum absolute atomic E-state index is 0.230. The highest BCUT2D eigenvalue weighted by Gasteiger charge is 2.05. The SMILES string of the molecule is CS(=O)(=O)Oc1ccc(I)c(Cl)c1. The molecule has 1 rings (SSSR count). The molecule has 0 saturated heterocycles. The largest absolute Gasteiger partial charge is 0.383 e. The van der Waals surface area contributed by atoms with Crippen LogP contribution in [0.3, 0.4) is 0 Å². The molecule has 1 aromatic rings. The van der Waals surface area contributed by atoms with Gasteiger partial charge in [-0.1, -0.05) is 11.6 Å². The summed E-state index contributed by atoms with van der Waals surface area (Å²) >= 11 is 7.80. The second-order valence-electron chi connectivity index (χ2n) is 2.36. The van der Waals surface area contributed by atoms with Crippen molar-refractivity contribution in [1.82, 2.24) is 0 Å². The van der Waals surface area contributed by atoms with Gasteiger partial charge in [0.2, 0.25) is 0 Å². The Kier molecular flexibility index (Phi) is 3.42. The minimum Gasteiger partial charge on any atom is -0.383 e. The smallest absolute Gasteiger partial charge is 0.306 e. The van der Waals surface area contributed by atoms with E-state index in [0.717, 1.165) is 9.83 Å². The summed E-state index contributed by atoms with van der Waals surface area (Å²) in [6.07, 6.45) is 0.985. The lowest BCUT2D eigenvalue weighted by molar-refractivity contribution is 0.493. The molecule has 0 aromatic heterocycles. The van der Waals surface area contributed by atoms with E-state index in [4.69, 9.17) is 11.6 Å². The molecular formula is C7H6ClIO3S. The third-order valence-electron chi connectivity index (χ3n) is 1.14. The van der Waals surface area contributed by atoms with Gasteiger partial charge in [-0.15, -0.1) is 0 Å². The zero-order chi connectivity index (χ0) is 10.1. The lowest BCUT2D eigenvalue weighted by Gasteiger charge is -2.03. The fraction of sp³-hybridized carbons (Fsp3) is 0.143. The predicted octanol–water partition coefficient (Wildman–Crippen LogP) is 2.28. The third kappa shape index (κ3) is 3.70. The van der Waals surface area contributed by atoms with Gasteiger partial charge >= 0.3 is 10.1 Å². The van der Waals surface area contributed by atoms with Crippen LogP contribution in [-0.2, 0) is 10.1 Å². The van der Waals surface area contributed by atoms with Gasteiger partial charge in [-0.2, -0.15) is 8.42 Å². The molecule has 0 saturated carbocycles. The Morgan fingerprint density at radius 1 is 1.46 bits per heavy atom. The number of halogens is 2. The average Bonchev–Trinajstić information content (AvgIpc) is 1.94. The number of rotatable bonds is 2. The summed E-state index contributed by atoms with van der Waals surface area (Å²) in [5.41, 5.74) is 0. The first-order valence-corrected chi connectivity index (χ1v) is 6.50. The van der Waals surface area contributed by atoms with Crippen molar-refractivity contribution in [2.75, 3.05) is 6.26 Å². The van der Waals surface area contributed by atoms with Gasteiger partial charge in [-0.05, 0) is 34.7 Å². The van der Waals surface area contributed by atoms with Gasteiger partial charge in [0.15, 0.2) is 0 Å². The minimum atomic E-state index is -3.47. The topological polar surface area (TPSA) is 43.4 Å². The summed E-state index contributed by atoms with van der Waals surface area (Å²) in [5, 5.41) is 0.474. The van der Waals surface area contributed by atoms with Crippen molar-refractivity contribution in [3.05, 3.63) is 26.8 Å². The van der Waals surface area contributed by atoms with E-state index in [1.807, 2.05) is 22.6 Å². The van der Waals surface area contributed by atoms with Crippen LogP contribution in [0, 0.1) is 3.57 Å². The molecular weight excluding hydrogens is 326 g/mol. The molecule has 0 aliphatic carbocycles. The molecule has 1 aromatic carbocycles. The normalized spacial score (nSPS) is 11.3. The van der Waals surface area contributed by atoms with E-state index >= 15 is 0 Å². The molecule has 0 radical (unpaired) electrons. The molecule has 6 heteroatoms. The van der Waals surface area contributed by atoms with Gasteiger partial charge in [0.1, 0.15) is 5.75 Å². The number of benzene rings is 1. The summed E-state index contributed by atoms with van der Waals surface area (Å²) in [7, 11) is -3.47. The highest BCUT2D eigenvalue weighted by atomic mass is 127. The second kappa shape index (κ2) is 4.02. The average molecular weight is 333 g/mol. The highest BCUT2D eigenvalue weighted by molar-refractivity contribution is 14.1. The highest BCUT2D eigenvalue weighted by Crippen LogP contribution is 2.24. The third-order valence-corrected chi connectivity index (χ3v) is 3.21. The first kappa shape index (κ1) is 11.1. The Balaban J connectivity index is 2.99. The van der Waals surface area contributed by atoms with Gasteiger partial charge < -0.3 is 4.18 Å². The monoisotopic (exact) mass is 332 g/mol. The molecule has 13 heavy (non-hydrogen) atoms. The van der Waals surface area contributed by atoms with Crippen molar-refractivity contribution in [1.29, 1.82) is 0 Å². The standard InChI is InChI=1S/C7H6ClIO3S/c1-13(10,11)12-5-2-3-7(9)6(8)4-5/h2-4H,1H3. The first-order chi connectivity index (χ1) is 5.88. The summed E-state index contributed by atoms with van der Waals surface area (Å²) in [6.45, 7) is 0. The molecule has 0 heterocycles. The maximum Gasteiger partial charge on any atom is 0.306 e. The summed E-state index contributed by atoms with van der Waals surface area (Å²) in [6, 6.07) is 4.70. The zero-order valence-corrected chi connectivity index (χ0v) is 10.4. The zero-order valence-electron chi connectivity index (χ0n) is 6.62. The summed E-state index contributed by atoms with van der Waals surface area (Å²) in [5.74, 6) is 0.230. The van der Waals surface area contributed by atoms with Gasteiger partial charge in [0, 0.05) is 9.64 Å². The molecule has 0 bridgehead atoms. The van der Waals surface area contributed by atoms with E-state index < -0.39 is 10.1 Å². The number of hydrogen-bond acceptors (Lipinski definition) is 3. The molecule has 72 valence electrons. The maximum atomic E-state index is 10.7. The van der Waals surface area contributed by atoms with Crippen molar-refractivity contribution < 1.29 is 12.6 Å². The Morgan fingerprint density at radius 2 is 2.08 bits per heavy atom. The molecule has 0 fully saturated rings. The Bertz CT molecular complexity index is 416. The maximum absolute atomic E-state index is 10.7. The fourth-order valence-corrected chi connectivity index (χ4v) is 1.66. The van der Waals surface area contributed by atoms with Crippen molar-refractivity contribution >= 4 is 44.3 Å².